The predicted molar refractivity (Wildman–Crippen MR) is 80.4 cm³/mol. The Morgan fingerprint density at radius 1 is 1.35 bits per heavy atom. The number of halogens is 1. The molecule has 1 fully saturated rings. The van der Waals surface area contributed by atoms with Gasteiger partial charge in [-0.05, 0) is 45.7 Å². The van der Waals surface area contributed by atoms with Crippen molar-refractivity contribution < 1.29 is 9.50 Å². The molecule has 3 nitrogen and oxygen atoms in total. The molecule has 0 aromatic heterocycles. The molecule has 1 aromatic rings. The lowest BCUT2D eigenvalue weighted by Crippen LogP contribution is -2.36. The number of rotatable bonds is 6. The Morgan fingerprint density at radius 3 is 2.60 bits per heavy atom. The van der Waals surface area contributed by atoms with E-state index in [1.807, 2.05) is 6.07 Å². The van der Waals surface area contributed by atoms with Gasteiger partial charge in [0.15, 0.2) is 0 Å². The van der Waals surface area contributed by atoms with E-state index in [1.54, 1.807) is 6.07 Å². The van der Waals surface area contributed by atoms with Crippen molar-refractivity contribution in [2.24, 2.45) is 0 Å². The summed E-state index contributed by atoms with van der Waals surface area (Å²) in [6, 6.07) is 5.67. The number of anilines is 1. The Hall–Kier alpha value is -1.13. The van der Waals surface area contributed by atoms with Crippen LogP contribution in [0.2, 0.25) is 0 Å². The fourth-order valence-electron chi connectivity index (χ4n) is 2.34. The first-order valence-corrected chi connectivity index (χ1v) is 7.32. The smallest absolute Gasteiger partial charge is 0.129 e. The number of aliphatic hydroxyl groups is 1. The largest absolute Gasteiger partial charge is 0.395 e. The van der Waals surface area contributed by atoms with Crippen LogP contribution in [-0.2, 0) is 6.54 Å². The van der Waals surface area contributed by atoms with Gasteiger partial charge in [-0.3, -0.25) is 0 Å². The second-order valence-corrected chi connectivity index (χ2v) is 6.49. The second-order valence-electron chi connectivity index (χ2n) is 6.49. The highest BCUT2D eigenvalue weighted by molar-refractivity contribution is 5.56. The first-order chi connectivity index (χ1) is 9.42. The predicted octanol–water partition coefficient (Wildman–Crippen LogP) is 2.67. The highest BCUT2D eigenvalue weighted by Crippen LogP contribution is 2.34. The number of benzene rings is 1. The van der Waals surface area contributed by atoms with Gasteiger partial charge in [-0.15, -0.1) is 0 Å². The summed E-state index contributed by atoms with van der Waals surface area (Å²) in [5.41, 5.74) is 1.56. The lowest BCUT2D eigenvalue weighted by molar-refractivity contribution is 0.301. The van der Waals surface area contributed by atoms with Gasteiger partial charge in [0.05, 0.1) is 6.61 Å². The molecule has 0 heterocycles. The van der Waals surface area contributed by atoms with Crippen molar-refractivity contribution in [3.63, 3.8) is 0 Å². The van der Waals surface area contributed by atoms with Crippen LogP contribution in [-0.4, -0.2) is 29.8 Å². The molecule has 1 aliphatic rings. The van der Waals surface area contributed by atoms with Gasteiger partial charge in [0.1, 0.15) is 5.82 Å². The molecule has 20 heavy (non-hydrogen) atoms. The summed E-state index contributed by atoms with van der Waals surface area (Å²) in [7, 11) is 0. The molecule has 0 unspecified atom stereocenters. The third-order valence-electron chi connectivity index (χ3n) is 3.53. The number of aliphatic hydroxyl groups excluding tert-OH is 1. The molecule has 0 spiro atoms. The minimum atomic E-state index is -0.178. The van der Waals surface area contributed by atoms with Crippen LogP contribution in [0.5, 0.6) is 0 Å². The van der Waals surface area contributed by atoms with E-state index in [4.69, 9.17) is 0 Å². The van der Waals surface area contributed by atoms with Gasteiger partial charge in [0.2, 0.25) is 0 Å². The maximum absolute atomic E-state index is 14.2. The van der Waals surface area contributed by atoms with Crippen LogP contribution in [0, 0.1) is 5.82 Å². The minimum absolute atomic E-state index is 0.0546. The molecule has 112 valence electrons. The van der Waals surface area contributed by atoms with Crippen molar-refractivity contribution in [1.82, 2.24) is 5.32 Å². The Kier molecular flexibility index (Phi) is 4.66. The van der Waals surface area contributed by atoms with Crippen LogP contribution in [0.1, 0.15) is 39.2 Å². The number of nitrogens with one attached hydrogen (secondary N) is 1. The molecular weight excluding hydrogens is 255 g/mol. The van der Waals surface area contributed by atoms with E-state index in [0.717, 1.165) is 18.5 Å². The topological polar surface area (TPSA) is 35.5 Å². The van der Waals surface area contributed by atoms with Crippen molar-refractivity contribution in [3.8, 4) is 0 Å². The monoisotopic (exact) mass is 280 g/mol. The van der Waals surface area contributed by atoms with E-state index in [0.29, 0.717) is 24.7 Å². The van der Waals surface area contributed by atoms with Crippen molar-refractivity contribution in [2.75, 3.05) is 18.1 Å². The second kappa shape index (κ2) is 6.10. The standard InChI is InChI=1S/C16H25FN2O/c1-16(2,3)18-11-13-14(17)5-4-6-15(13)19(9-10-20)12-7-8-12/h4-6,12,18,20H,7-11H2,1-3H3. The molecule has 0 bridgehead atoms. The molecule has 0 saturated heterocycles. The van der Waals surface area contributed by atoms with Gasteiger partial charge in [-0.2, -0.15) is 0 Å². The zero-order valence-corrected chi connectivity index (χ0v) is 12.6. The third-order valence-corrected chi connectivity index (χ3v) is 3.53. The van der Waals surface area contributed by atoms with Crippen LogP contribution < -0.4 is 10.2 Å². The summed E-state index contributed by atoms with van der Waals surface area (Å²) < 4.78 is 14.2. The maximum atomic E-state index is 14.2. The van der Waals surface area contributed by atoms with Crippen molar-refractivity contribution in [3.05, 3.63) is 29.6 Å². The SMILES string of the molecule is CC(C)(C)NCc1c(F)cccc1N(CCO)C1CC1. The normalized spacial score (nSPS) is 15.4. The van der Waals surface area contributed by atoms with E-state index >= 15 is 0 Å². The summed E-state index contributed by atoms with van der Waals surface area (Å²) in [6.45, 7) is 7.37. The molecular formula is C16H25FN2O. The van der Waals surface area contributed by atoms with Crippen LogP contribution in [0.3, 0.4) is 0 Å². The van der Waals surface area contributed by atoms with Crippen LogP contribution in [0.4, 0.5) is 10.1 Å². The van der Waals surface area contributed by atoms with E-state index in [-0.39, 0.29) is 18.0 Å². The average Bonchev–Trinajstić information content (AvgIpc) is 3.17. The van der Waals surface area contributed by atoms with Gasteiger partial charge in [-0.25, -0.2) is 4.39 Å². The zero-order valence-electron chi connectivity index (χ0n) is 12.6. The van der Waals surface area contributed by atoms with Crippen LogP contribution >= 0.6 is 0 Å². The Balaban J connectivity index is 2.24. The Bertz CT molecular complexity index is 452. The summed E-state index contributed by atoms with van der Waals surface area (Å²) in [5, 5.41) is 12.6. The zero-order chi connectivity index (χ0) is 14.8. The van der Waals surface area contributed by atoms with Gasteiger partial charge in [0, 0.05) is 35.9 Å². The number of hydrogen-bond acceptors (Lipinski definition) is 3. The van der Waals surface area contributed by atoms with Crippen molar-refractivity contribution >= 4 is 5.69 Å². The average molecular weight is 280 g/mol. The Labute approximate surface area is 120 Å². The molecule has 1 aromatic carbocycles. The molecule has 0 atom stereocenters. The molecule has 2 N–H and O–H groups in total. The molecule has 0 radical (unpaired) electrons. The van der Waals surface area contributed by atoms with E-state index in [1.165, 1.54) is 6.07 Å². The summed E-state index contributed by atoms with van der Waals surface area (Å²) in [4.78, 5) is 2.14. The summed E-state index contributed by atoms with van der Waals surface area (Å²) >= 11 is 0. The molecule has 1 aliphatic carbocycles. The van der Waals surface area contributed by atoms with Gasteiger partial charge in [-0.1, -0.05) is 6.07 Å². The van der Waals surface area contributed by atoms with Gasteiger partial charge >= 0.3 is 0 Å². The summed E-state index contributed by atoms with van der Waals surface area (Å²) in [5.74, 6) is -0.178. The quantitative estimate of drug-likeness (QED) is 0.841. The van der Waals surface area contributed by atoms with E-state index in [9.17, 15) is 9.50 Å². The summed E-state index contributed by atoms with van der Waals surface area (Å²) in [6.07, 6.45) is 2.26. The highest BCUT2D eigenvalue weighted by Gasteiger charge is 2.30. The fourth-order valence-corrected chi connectivity index (χ4v) is 2.34. The number of hydrogen-bond donors (Lipinski definition) is 2. The molecule has 4 heteroatoms. The Morgan fingerprint density at radius 2 is 2.05 bits per heavy atom. The molecule has 0 amide bonds. The van der Waals surface area contributed by atoms with Gasteiger partial charge in [0.25, 0.3) is 0 Å². The first kappa shape index (κ1) is 15.3. The van der Waals surface area contributed by atoms with Gasteiger partial charge < -0.3 is 15.3 Å². The third kappa shape index (κ3) is 3.93. The van der Waals surface area contributed by atoms with E-state index < -0.39 is 0 Å². The van der Waals surface area contributed by atoms with Crippen LogP contribution in [0.15, 0.2) is 18.2 Å². The lowest BCUT2D eigenvalue weighted by Gasteiger charge is -2.28. The molecule has 0 aliphatic heterocycles. The van der Waals surface area contributed by atoms with Crippen LogP contribution in [0.25, 0.3) is 0 Å². The van der Waals surface area contributed by atoms with Crippen molar-refractivity contribution in [2.45, 2.75) is 51.7 Å². The highest BCUT2D eigenvalue weighted by atomic mass is 19.1. The molecule has 2 rings (SSSR count). The maximum Gasteiger partial charge on any atom is 0.129 e. The lowest BCUT2D eigenvalue weighted by atomic mass is 10.1. The first-order valence-electron chi connectivity index (χ1n) is 7.32. The van der Waals surface area contributed by atoms with Crippen molar-refractivity contribution in [1.29, 1.82) is 0 Å². The number of nitrogens with zero attached hydrogens (tertiary/aromatic N) is 1. The molecule has 1 saturated carbocycles. The van der Waals surface area contributed by atoms with E-state index in [2.05, 4.69) is 31.0 Å². The minimum Gasteiger partial charge on any atom is -0.395 e. The fraction of sp³-hybridized carbons (Fsp3) is 0.625.